The number of thioether (sulfide) groups is 1. The van der Waals surface area contributed by atoms with Gasteiger partial charge >= 0.3 is 0 Å². The Kier molecular flexibility index (Phi) is 3.18. The highest BCUT2D eigenvalue weighted by Gasteiger charge is 2.15. The smallest absolute Gasteiger partial charge is 0.174 e. The molecule has 0 aromatic carbocycles. The van der Waals surface area contributed by atoms with Crippen molar-refractivity contribution >= 4 is 23.1 Å². The van der Waals surface area contributed by atoms with Crippen LogP contribution in [0.15, 0.2) is 32.7 Å². The Morgan fingerprint density at radius 2 is 2.57 bits per heavy atom. The van der Waals surface area contributed by atoms with Crippen LogP contribution in [-0.2, 0) is 0 Å². The lowest BCUT2D eigenvalue weighted by Gasteiger charge is -2.08. The molecule has 74 valence electrons. The van der Waals surface area contributed by atoms with Crippen LogP contribution in [0.4, 0.5) is 0 Å². The monoisotopic (exact) mass is 227 g/mol. The summed E-state index contributed by atoms with van der Waals surface area (Å²) in [5.74, 6) is 0.882. The molecule has 0 amide bonds. The van der Waals surface area contributed by atoms with Crippen LogP contribution in [-0.4, -0.2) is 16.7 Å². The normalized spacial score (nSPS) is 12.9. The topological polar surface area (TPSA) is 64.9 Å². The van der Waals surface area contributed by atoms with Gasteiger partial charge < -0.3 is 10.2 Å². The molecule has 2 N–H and O–H groups in total. The van der Waals surface area contributed by atoms with Gasteiger partial charge in [0.05, 0.1) is 11.5 Å². The van der Waals surface area contributed by atoms with Gasteiger partial charge in [-0.25, -0.2) is 0 Å². The fourth-order valence-electron chi connectivity index (χ4n) is 1.03. The molecule has 1 unspecified atom stereocenters. The van der Waals surface area contributed by atoms with Crippen LogP contribution in [0.5, 0.6) is 0 Å². The summed E-state index contributed by atoms with van der Waals surface area (Å²) in [6.07, 6.45) is 1.65. The maximum atomic E-state index is 5.66. The van der Waals surface area contributed by atoms with E-state index in [1.165, 1.54) is 11.3 Å². The number of rotatable bonds is 4. The first-order chi connectivity index (χ1) is 6.90. The number of aromatic nitrogens is 2. The zero-order valence-electron chi connectivity index (χ0n) is 7.29. The molecule has 6 heteroatoms. The van der Waals surface area contributed by atoms with Crippen molar-refractivity contribution in [1.82, 2.24) is 10.2 Å². The van der Waals surface area contributed by atoms with Gasteiger partial charge in [-0.15, -0.1) is 10.2 Å². The molecule has 2 heterocycles. The van der Waals surface area contributed by atoms with E-state index in [1.54, 1.807) is 23.5 Å². The number of hydrogen-bond acceptors (Lipinski definition) is 6. The minimum atomic E-state index is 0.123. The third-order valence-electron chi connectivity index (χ3n) is 1.66. The van der Waals surface area contributed by atoms with Crippen molar-refractivity contribution in [3.8, 4) is 0 Å². The molecule has 14 heavy (non-hydrogen) atoms. The van der Waals surface area contributed by atoms with Crippen molar-refractivity contribution in [3.63, 3.8) is 0 Å². The molecule has 2 aromatic heterocycles. The lowest BCUT2D eigenvalue weighted by molar-refractivity contribution is 0.507. The average molecular weight is 227 g/mol. The fourth-order valence-corrected chi connectivity index (χ4v) is 2.70. The van der Waals surface area contributed by atoms with E-state index in [4.69, 9.17) is 10.2 Å². The highest BCUT2D eigenvalue weighted by atomic mass is 32.2. The molecular weight excluding hydrogens is 218 g/mol. The summed E-state index contributed by atoms with van der Waals surface area (Å²) in [7, 11) is 0. The van der Waals surface area contributed by atoms with E-state index in [2.05, 4.69) is 10.2 Å². The van der Waals surface area contributed by atoms with Crippen LogP contribution >= 0.6 is 23.1 Å². The second-order valence-corrected chi connectivity index (χ2v) is 4.85. The minimum Gasteiger partial charge on any atom is -0.468 e. The average Bonchev–Trinajstić information content (AvgIpc) is 2.86. The van der Waals surface area contributed by atoms with Crippen LogP contribution < -0.4 is 5.73 Å². The van der Waals surface area contributed by atoms with Crippen molar-refractivity contribution in [1.29, 1.82) is 0 Å². The van der Waals surface area contributed by atoms with Crippen LogP contribution in [0.2, 0.25) is 0 Å². The first-order valence-corrected chi connectivity index (χ1v) is 5.82. The summed E-state index contributed by atoms with van der Waals surface area (Å²) in [5, 5.41) is 7.84. The summed E-state index contributed by atoms with van der Waals surface area (Å²) < 4.78 is 6.20. The predicted octanol–water partition coefficient (Wildman–Crippen LogP) is 1.92. The predicted molar refractivity (Wildman–Crippen MR) is 56.3 cm³/mol. The highest BCUT2D eigenvalue weighted by Crippen LogP contribution is 2.34. The molecule has 2 rings (SSSR count). The van der Waals surface area contributed by atoms with Crippen molar-refractivity contribution in [2.75, 3.05) is 6.54 Å². The number of furan rings is 1. The lowest BCUT2D eigenvalue weighted by Crippen LogP contribution is -2.08. The molecule has 0 aliphatic rings. The molecule has 0 radical (unpaired) electrons. The summed E-state index contributed by atoms with van der Waals surface area (Å²) in [6, 6.07) is 3.78. The number of hydrogen-bond donors (Lipinski definition) is 1. The highest BCUT2D eigenvalue weighted by molar-refractivity contribution is 8.01. The molecule has 0 aliphatic heterocycles. The first-order valence-electron chi connectivity index (χ1n) is 4.06. The van der Waals surface area contributed by atoms with E-state index in [-0.39, 0.29) is 5.25 Å². The second kappa shape index (κ2) is 4.59. The van der Waals surface area contributed by atoms with E-state index in [0.717, 1.165) is 10.1 Å². The van der Waals surface area contributed by atoms with E-state index < -0.39 is 0 Å². The number of nitrogens with two attached hydrogens (primary N) is 1. The summed E-state index contributed by atoms with van der Waals surface area (Å²) in [5.41, 5.74) is 7.36. The zero-order chi connectivity index (χ0) is 9.80. The Bertz CT molecular complexity index is 360. The van der Waals surface area contributed by atoms with Crippen molar-refractivity contribution in [3.05, 3.63) is 29.7 Å². The van der Waals surface area contributed by atoms with E-state index in [1.807, 2.05) is 12.1 Å². The van der Waals surface area contributed by atoms with Gasteiger partial charge in [0.15, 0.2) is 4.34 Å². The van der Waals surface area contributed by atoms with Gasteiger partial charge in [-0.1, -0.05) is 23.1 Å². The molecule has 0 spiro atoms. The third kappa shape index (κ3) is 2.14. The summed E-state index contributed by atoms with van der Waals surface area (Å²) >= 11 is 3.09. The van der Waals surface area contributed by atoms with Crippen molar-refractivity contribution < 1.29 is 4.42 Å². The molecule has 2 aromatic rings. The van der Waals surface area contributed by atoms with Gasteiger partial charge in [0.2, 0.25) is 0 Å². The van der Waals surface area contributed by atoms with Crippen LogP contribution in [0.25, 0.3) is 0 Å². The van der Waals surface area contributed by atoms with Crippen molar-refractivity contribution in [2.45, 2.75) is 9.59 Å². The molecule has 1 atom stereocenters. The largest absolute Gasteiger partial charge is 0.468 e. The standard InChI is InChI=1S/C8H9N3OS2/c9-4-7(6-2-1-3-12-6)14-8-11-10-5-13-8/h1-3,5,7H,4,9H2. The molecular formula is C8H9N3OS2. The van der Waals surface area contributed by atoms with Crippen molar-refractivity contribution in [2.24, 2.45) is 5.73 Å². The van der Waals surface area contributed by atoms with Gasteiger partial charge in [0.1, 0.15) is 11.3 Å². The number of nitrogens with zero attached hydrogens (tertiary/aromatic N) is 2. The Balaban J connectivity index is 2.08. The van der Waals surface area contributed by atoms with Gasteiger partial charge in [-0.2, -0.15) is 0 Å². The van der Waals surface area contributed by atoms with E-state index in [9.17, 15) is 0 Å². The molecule has 0 saturated heterocycles. The zero-order valence-corrected chi connectivity index (χ0v) is 8.92. The maximum absolute atomic E-state index is 5.66. The maximum Gasteiger partial charge on any atom is 0.174 e. The molecule has 4 nitrogen and oxygen atoms in total. The molecule has 0 aliphatic carbocycles. The van der Waals surface area contributed by atoms with Crippen LogP contribution in [0.3, 0.4) is 0 Å². The van der Waals surface area contributed by atoms with Gasteiger partial charge in [0, 0.05) is 6.54 Å². The SMILES string of the molecule is NCC(Sc1nncs1)c1ccco1. The minimum absolute atomic E-state index is 0.123. The first kappa shape index (κ1) is 9.70. The summed E-state index contributed by atoms with van der Waals surface area (Å²) in [6.45, 7) is 0.526. The van der Waals surface area contributed by atoms with E-state index in [0.29, 0.717) is 6.54 Å². The van der Waals surface area contributed by atoms with Gasteiger partial charge in [0.25, 0.3) is 0 Å². The Morgan fingerprint density at radius 1 is 1.64 bits per heavy atom. The Morgan fingerprint density at radius 3 is 3.14 bits per heavy atom. The lowest BCUT2D eigenvalue weighted by atomic mass is 10.3. The van der Waals surface area contributed by atoms with Gasteiger partial charge in [-0.05, 0) is 12.1 Å². The molecule has 0 fully saturated rings. The Labute approximate surface area is 89.5 Å². The molecule has 0 bridgehead atoms. The van der Waals surface area contributed by atoms with Crippen LogP contribution in [0.1, 0.15) is 11.0 Å². The third-order valence-corrected chi connectivity index (χ3v) is 3.71. The molecule has 0 saturated carbocycles. The van der Waals surface area contributed by atoms with Gasteiger partial charge in [-0.3, -0.25) is 0 Å². The Hall–Kier alpha value is -0.850. The van der Waals surface area contributed by atoms with Crippen LogP contribution in [0, 0.1) is 0 Å². The fraction of sp³-hybridized carbons (Fsp3) is 0.250. The van der Waals surface area contributed by atoms with E-state index >= 15 is 0 Å². The quantitative estimate of drug-likeness (QED) is 0.808. The second-order valence-electron chi connectivity index (χ2n) is 2.56. The summed E-state index contributed by atoms with van der Waals surface area (Å²) in [4.78, 5) is 0.